The zero-order valence-electron chi connectivity index (χ0n) is 24.6. The molecule has 42 heavy (non-hydrogen) atoms. The molecule has 0 fully saturated rings. The highest BCUT2D eigenvalue weighted by Crippen LogP contribution is 2.12. The number of carbonyl (C=O) groups is 5. The maximum absolute atomic E-state index is 13.2. The lowest BCUT2D eigenvalue weighted by Crippen LogP contribution is -2.55. The molecule has 0 bridgehead atoms. The molecule has 0 saturated heterocycles. The minimum atomic E-state index is -0.978. The topological polar surface area (TPSA) is 183 Å². The Bertz CT molecular complexity index is 1200. The van der Waals surface area contributed by atoms with E-state index in [4.69, 9.17) is 5.73 Å². The summed E-state index contributed by atoms with van der Waals surface area (Å²) in [6.45, 7) is 6.33. The molecule has 0 aliphatic carbocycles. The number of benzene rings is 2. The molecule has 2 rings (SSSR count). The van der Waals surface area contributed by atoms with Gasteiger partial charge in [0.2, 0.25) is 29.5 Å². The van der Waals surface area contributed by atoms with Gasteiger partial charge in [-0.15, -0.1) is 0 Å². The third-order valence-corrected chi connectivity index (χ3v) is 6.38. The first-order valence-electron chi connectivity index (χ1n) is 13.9. The second-order valence-electron chi connectivity index (χ2n) is 10.3. The maximum Gasteiger partial charge on any atom is 0.243 e. The van der Waals surface area contributed by atoms with Crippen molar-refractivity contribution in [2.24, 2.45) is 5.73 Å². The summed E-state index contributed by atoms with van der Waals surface area (Å²) in [5.74, 6) is -2.40. The van der Waals surface area contributed by atoms with Crippen LogP contribution < -0.4 is 27.0 Å². The van der Waals surface area contributed by atoms with Crippen molar-refractivity contribution in [3.05, 3.63) is 65.7 Å². The van der Waals surface area contributed by atoms with E-state index in [9.17, 15) is 29.1 Å². The Morgan fingerprint density at radius 1 is 0.786 bits per heavy atom. The summed E-state index contributed by atoms with van der Waals surface area (Å²) < 4.78 is 0. The number of nitrogens with two attached hydrogens (primary N) is 1. The Kier molecular flexibility index (Phi) is 13.4. The number of nitrogens with one attached hydrogen (secondary N) is 4. The quantitative estimate of drug-likeness (QED) is 0.171. The fourth-order valence-corrected chi connectivity index (χ4v) is 4.19. The first-order chi connectivity index (χ1) is 19.9. The van der Waals surface area contributed by atoms with Gasteiger partial charge in [0.15, 0.2) is 0 Å². The number of carbonyl (C=O) groups excluding carboxylic acids is 5. The van der Waals surface area contributed by atoms with Gasteiger partial charge in [-0.25, -0.2) is 0 Å². The monoisotopic (exact) mass is 582 g/mol. The molecule has 0 aromatic heterocycles. The van der Waals surface area contributed by atoms with Crippen LogP contribution in [0.25, 0.3) is 0 Å². The number of amides is 5. The Labute approximate surface area is 246 Å². The van der Waals surface area contributed by atoms with Gasteiger partial charge in [-0.3, -0.25) is 24.0 Å². The number of aromatic hydroxyl groups is 1. The molecule has 0 aliphatic rings. The van der Waals surface area contributed by atoms with Crippen LogP contribution in [0.15, 0.2) is 54.6 Å². The van der Waals surface area contributed by atoms with Crippen molar-refractivity contribution in [2.75, 3.05) is 19.6 Å². The Hall–Kier alpha value is -4.45. The minimum Gasteiger partial charge on any atom is -0.508 e. The van der Waals surface area contributed by atoms with Crippen molar-refractivity contribution >= 4 is 29.5 Å². The van der Waals surface area contributed by atoms with Gasteiger partial charge in [0.25, 0.3) is 0 Å². The number of phenols is 1. The highest BCUT2D eigenvalue weighted by Gasteiger charge is 2.30. The van der Waals surface area contributed by atoms with Crippen molar-refractivity contribution in [1.29, 1.82) is 0 Å². The van der Waals surface area contributed by atoms with E-state index in [0.717, 1.165) is 11.1 Å². The van der Waals surface area contributed by atoms with E-state index < -0.39 is 48.3 Å². The summed E-state index contributed by atoms with van der Waals surface area (Å²) in [5.41, 5.74) is 7.54. The van der Waals surface area contributed by atoms with Gasteiger partial charge in [0, 0.05) is 19.0 Å². The molecule has 5 amide bonds. The SMILES string of the molecule is CCN(C(=O)CNC(=O)[C@@H](C)NC(=O)[C@@H](N)Cc1ccc(O)cc1)C(Cc1ccccc1)C(=O)NCC(=O)NC(C)C. The van der Waals surface area contributed by atoms with Gasteiger partial charge in [-0.1, -0.05) is 42.5 Å². The van der Waals surface area contributed by atoms with Crippen molar-refractivity contribution in [3.8, 4) is 5.75 Å². The van der Waals surface area contributed by atoms with E-state index >= 15 is 0 Å². The Morgan fingerprint density at radius 3 is 1.98 bits per heavy atom. The largest absolute Gasteiger partial charge is 0.508 e. The zero-order chi connectivity index (χ0) is 31.2. The summed E-state index contributed by atoms with van der Waals surface area (Å²) in [4.78, 5) is 65.0. The van der Waals surface area contributed by atoms with Gasteiger partial charge >= 0.3 is 0 Å². The predicted octanol–water partition coefficient (Wildman–Crippen LogP) is -0.0165. The summed E-state index contributed by atoms with van der Waals surface area (Å²) in [7, 11) is 0. The summed E-state index contributed by atoms with van der Waals surface area (Å²) in [6.07, 6.45) is 0.409. The smallest absolute Gasteiger partial charge is 0.243 e. The van der Waals surface area contributed by atoms with Gasteiger partial charge in [0.05, 0.1) is 19.1 Å². The highest BCUT2D eigenvalue weighted by atomic mass is 16.3. The Balaban J connectivity index is 1.99. The first kappa shape index (κ1) is 33.8. The van der Waals surface area contributed by atoms with Crippen molar-refractivity contribution < 1.29 is 29.1 Å². The maximum atomic E-state index is 13.2. The molecule has 3 atom stereocenters. The first-order valence-corrected chi connectivity index (χ1v) is 13.9. The van der Waals surface area contributed by atoms with Gasteiger partial charge < -0.3 is 37.0 Å². The van der Waals surface area contributed by atoms with Gasteiger partial charge in [-0.05, 0) is 57.4 Å². The van der Waals surface area contributed by atoms with Crippen LogP contribution in [0.5, 0.6) is 5.75 Å². The molecular weight excluding hydrogens is 540 g/mol. The number of phenolic OH excluding ortho intramolecular Hbond substituents is 1. The number of rotatable bonds is 15. The van der Waals surface area contributed by atoms with E-state index in [2.05, 4.69) is 21.3 Å². The summed E-state index contributed by atoms with van der Waals surface area (Å²) in [5, 5.41) is 19.8. The standard InChI is InChI=1S/C30H42N6O6/c1-5-36(25(16-21-9-7-6-8-10-21)30(42)32-17-26(38)34-19(2)3)27(39)18-33-28(40)20(4)35-29(41)24(31)15-22-11-13-23(37)14-12-22/h6-14,19-20,24-25,37H,5,15-18,31H2,1-4H3,(H,32,42)(H,33,40)(H,34,38)(H,35,41)/t20-,24+,25?/m1/s1. The molecule has 12 heteroatoms. The van der Waals surface area contributed by atoms with Crippen LogP contribution in [0, 0.1) is 0 Å². The zero-order valence-corrected chi connectivity index (χ0v) is 24.6. The van der Waals surface area contributed by atoms with Crippen LogP contribution in [0.1, 0.15) is 38.8 Å². The molecule has 228 valence electrons. The number of nitrogens with zero attached hydrogens (tertiary/aromatic N) is 1. The van der Waals surface area contributed by atoms with E-state index in [-0.39, 0.29) is 43.6 Å². The lowest BCUT2D eigenvalue weighted by atomic mass is 10.0. The van der Waals surface area contributed by atoms with Crippen LogP contribution in [0.2, 0.25) is 0 Å². The van der Waals surface area contributed by atoms with Crippen molar-refractivity contribution in [2.45, 2.75) is 64.7 Å². The third-order valence-electron chi connectivity index (χ3n) is 6.38. The summed E-state index contributed by atoms with van der Waals surface area (Å²) >= 11 is 0. The predicted molar refractivity (Wildman–Crippen MR) is 158 cm³/mol. The van der Waals surface area contributed by atoms with E-state index in [1.807, 2.05) is 44.2 Å². The Morgan fingerprint density at radius 2 is 1.38 bits per heavy atom. The lowest BCUT2D eigenvalue weighted by molar-refractivity contribution is -0.141. The van der Waals surface area contributed by atoms with E-state index in [1.165, 1.54) is 24.0 Å². The normalized spacial score (nSPS) is 12.9. The molecule has 7 N–H and O–H groups in total. The molecule has 2 aromatic carbocycles. The molecule has 12 nitrogen and oxygen atoms in total. The lowest BCUT2D eigenvalue weighted by Gasteiger charge is -2.30. The fourth-order valence-electron chi connectivity index (χ4n) is 4.19. The second-order valence-corrected chi connectivity index (χ2v) is 10.3. The molecule has 1 unspecified atom stereocenters. The third kappa shape index (κ3) is 11.2. The van der Waals surface area contributed by atoms with Gasteiger partial charge in [-0.2, -0.15) is 0 Å². The average Bonchev–Trinajstić information content (AvgIpc) is 2.95. The number of likely N-dealkylation sites (N-methyl/N-ethyl adjacent to an activating group) is 1. The average molecular weight is 583 g/mol. The molecule has 0 radical (unpaired) electrons. The van der Waals surface area contributed by atoms with Gasteiger partial charge in [0.1, 0.15) is 17.8 Å². The molecular formula is C30H42N6O6. The van der Waals surface area contributed by atoms with Crippen LogP contribution in [-0.4, -0.2) is 83.3 Å². The molecule has 0 aliphatic heterocycles. The highest BCUT2D eigenvalue weighted by molar-refractivity contribution is 5.94. The molecule has 2 aromatic rings. The fraction of sp³-hybridized carbons (Fsp3) is 0.433. The second kappa shape index (κ2) is 16.7. The minimum absolute atomic E-state index is 0.0889. The van der Waals surface area contributed by atoms with Crippen LogP contribution in [0.3, 0.4) is 0 Å². The van der Waals surface area contributed by atoms with Crippen LogP contribution in [-0.2, 0) is 36.8 Å². The summed E-state index contributed by atoms with van der Waals surface area (Å²) in [6, 6.07) is 12.5. The van der Waals surface area contributed by atoms with E-state index in [0.29, 0.717) is 0 Å². The molecule has 0 spiro atoms. The van der Waals surface area contributed by atoms with Crippen molar-refractivity contribution in [1.82, 2.24) is 26.2 Å². The number of hydrogen-bond acceptors (Lipinski definition) is 7. The molecule has 0 heterocycles. The van der Waals surface area contributed by atoms with E-state index in [1.54, 1.807) is 19.1 Å². The number of hydrogen-bond donors (Lipinski definition) is 6. The van der Waals surface area contributed by atoms with Crippen LogP contribution >= 0.6 is 0 Å². The van der Waals surface area contributed by atoms with Crippen LogP contribution in [0.4, 0.5) is 0 Å². The van der Waals surface area contributed by atoms with Crippen molar-refractivity contribution in [3.63, 3.8) is 0 Å². The molecule has 0 saturated carbocycles.